The van der Waals surface area contributed by atoms with Crippen molar-refractivity contribution in [1.29, 1.82) is 0 Å². The largest absolute Gasteiger partial charge is 0.418 e. The Balaban J connectivity index is 1.65. The summed E-state index contributed by atoms with van der Waals surface area (Å²) in [6, 6.07) is 10.6. The van der Waals surface area contributed by atoms with Gasteiger partial charge >= 0.3 is 6.18 Å². The summed E-state index contributed by atoms with van der Waals surface area (Å²) in [5, 5.41) is 5.15. The van der Waals surface area contributed by atoms with Gasteiger partial charge in [-0.1, -0.05) is 24.3 Å². The Morgan fingerprint density at radius 1 is 0.964 bits per heavy atom. The monoisotopic (exact) mass is 390 g/mol. The third kappa shape index (κ3) is 4.81. The number of hydrogen-bond donors (Lipinski definition) is 2. The van der Waals surface area contributed by atoms with E-state index in [1.807, 2.05) is 0 Å². The van der Waals surface area contributed by atoms with Gasteiger partial charge in [-0.2, -0.15) is 13.2 Å². The Bertz CT molecular complexity index is 957. The zero-order chi connectivity index (χ0) is 20.1. The lowest BCUT2D eigenvalue weighted by molar-refractivity contribution is -0.136. The van der Waals surface area contributed by atoms with Crippen LogP contribution in [0, 0.1) is 5.82 Å². The summed E-state index contributed by atoms with van der Waals surface area (Å²) in [5.41, 5.74) is -0.308. The van der Waals surface area contributed by atoms with Gasteiger partial charge in [0.05, 0.1) is 23.6 Å². The van der Waals surface area contributed by atoms with Crippen LogP contribution in [0.3, 0.4) is 0 Å². The minimum Gasteiger partial charge on any atom is -0.347 e. The molecule has 0 aliphatic carbocycles. The molecule has 28 heavy (non-hydrogen) atoms. The van der Waals surface area contributed by atoms with Gasteiger partial charge in [0.25, 0.3) is 5.91 Å². The first-order valence-electron chi connectivity index (χ1n) is 8.11. The zero-order valence-electron chi connectivity index (χ0n) is 14.3. The van der Waals surface area contributed by atoms with Gasteiger partial charge in [0.2, 0.25) is 0 Å². The molecule has 144 valence electrons. The van der Waals surface area contributed by atoms with E-state index in [9.17, 15) is 22.4 Å². The van der Waals surface area contributed by atoms with Crippen molar-refractivity contribution < 1.29 is 22.4 Å². The molecule has 0 saturated carbocycles. The fourth-order valence-electron chi connectivity index (χ4n) is 2.36. The van der Waals surface area contributed by atoms with E-state index < -0.39 is 17.6 Å². The molecule has 1 aromatic heterocycles. The predicted molar refractivity (Wildman–Crippen MR) is 94.3 cm³/mol. The highest BCUT2D eigenvalue weighted by atomic mass is 19.4. The lowest BCUT2D eigenvalue weighted by Crippen LogP contribution is -2.24. The summed E-state index contributed by atoms with van der Waals surface area (Å²) in [4.78, 5) is 19.9. The SMILES string of the molecule is O=C(NCc1ccc(F)cc1)c1cnc(Nc2ccccc2C(F)(F)F)cn1. The van der Waals surface area contributed by atoms with Gasteiger partial charge in [-0.3, -0.25) is 4.79 Å². The number of alkyl halides is 3. The van der Waals surface area contributed by atoms with Crippen LogP contribution in [0.5, 0.6) is 0 Å². The van der Waals surface area contributed by atoms with Crippen molar-refractivity contribution in [3.8, 4) is 0 Å². The van der Waals surface area contributed by atoms with Crippen LogP contribution < -0.4 is 10.6 Å². The molecule has 0 spiro atoms. The van der Waals surface area contributed by atoms with E-state index in [1.54, 1.807) is 0 Å². The molecule has 1 heterocycles. The van der Waals surface area contributed by atoms with Crippen LogP contribution in [-0.4, -0.2) is 15.9 Å². The standard InChI is InChI=1S/C19H14F4N4O/c20-13-7-5-12(6-8-13)9-26-18(28)16-10-25-17(11-24-16)27-15-4-2-1-3-14(15)19(21,22)23/h1-8,10-11H,9H2,(H,25,27)(H,26,28). The van der Waals surface area contributed by atoms with Gasteiger partial charge in [0, 0.05) is 6.54 Å². The smallest absolute Gasteiger partial charge is 0.347 e. The van der Waals surface area contributed by atoms with Crippen molar-refractivity contribution in [3.63, 3.8) is 0 Å². The van der Waals surface area contributed by atoms with Gasteiger partial charge in [-0.05, 0) is 29.8 Å². The second-order valence-corrected chi connectivity index (χ2v) is 5.76. The number of carbonyl (C=O) groups excluding carboxylic acids is 1. The minimum atomic E-state index is -4.52. The maximum atomic E-state index is 13.0. The van der Waals surface area contributed by atoms with Crippen LogP contribution in [0.25, 0.3) is 0 Å². The molecule has 9 heteroatoms. The van der Waals surface area contributed by atoms with Gasteiger partial charge in [-0.15, -0.1) is 0 Å². The first-order chi connectivity index (χ1) is 13.3. The number of nitrogens with one attached hydrogen (secondary N) is 2. The molecular weight excluding hydrogens is 376 g/mol. The minimum absolute atomic E-state index is 0.00299. The summed E-state index contributed by atoms with van der Waals surface area (Å²) < 4.78 is 51.9. The number of anilines is 2. The molecule has 3 aromatic rings. The van der Waals surface area contributed by atoms with Crippen LogP contribution in [-0.2, 0) is 12.7 Å². The second kappa shape index (κ2) is 8.03. The van der Waals surface area contributed by atoms with Crippen LogP contribution in [0.1, 0.15) is 21.6 Å². The van der Waals surface area contributed by atoms with Crippen molar-refractivity contribution in [2.24, 2.45) is 0 Å². The normalized spacial score (nSPS) is 11.1. The number of hydrogen-bond acceptors (Lipinski definition) is 4. The first-order valence-corrected chi connectivity index (χ1v) is 8.11. The number of carbonyl (C=O) groups is 1. The van der Waals surface area contributed by atoms with E-state index >= 15 is 0 Å². The van der Waals surface area contributed by atoms with Crippen molar-refractivity contribution in [3.05, 3.63) is 83.6 Å². The van der Waals surface area contributed by atoms with E-state index in [2.05, 4.69) is 20.6 Å². The molecule has 3 rings (SSSR count). The number of para-hydroxylation sites is 1. The number of benzene rings is 2. The fraction of sp³-hybridized carbons (Fsp3) is 0.105. The van der Waals surface area contributed by atoms with Crippen molar-refractivity contribution in [1.82, 2.24) is 15.3 Å². The van der Waals surface area contributed by atoms with E-state index in [0.29, 0.717) is 5.56 Å². The highest BCUT2D eigenvalue weighted by Gasteiger charge is 2.33. The summed E-state index contributed by atoms with van der Waals surface area (Å²) in [6.45, 7) is 0.166. The molecule has 0 fully saturated rings. The van der Waals surface area contributed by atoms with Crippen LogP contribution in [0.2, 0.25) is 0 Å². The molecule has 2 N–H and O–H groups in total. The van der Waals surface area contributed by atoms with Crippen molar-refractivity contribution in [2.45, 2.75) is 12.7 Å². The Labute approximate surface area is 157 Å². The molecule has 0 unspecified atom stereocenters. The number of aromatic nitrogens is 2. The molecular formula is C19H14F4N4O. The molecule has 5 nitrogen and oxygen atoms in total. The van der Waals surface area contributed by atoms with Gasteiger partial charge < -0.3 is 10.6 Å². The van der Waals surface area contributed by atoms with Crippen molar-refractivity contribution >= 4 is 17.4 Å². The van der Waals surface area contributed by atoms with Crippen molar-refractivity contribution in [2.75, 3.05) is 5.32 Å². The lowest BCUT2D eigenvalue weighted by Gasteiger charge is -2.13. The number of halogens is 4. The van der Waals surface area contributed by atoms with Gasteiger partial charge in [0.15, 0.2) is 0 Å². The maximum Gasteiger partial charge on any atom is 0.418 e. The Morgan fingerprint density at radius 2 is 1.68 bits per heavy atom. The molecule has 0 aliphatic heterocycles. The summed E-state index contributed by atoms with van der Waals surface area (Å²) in [5.74, 6) is -0.832. The quantitative estimate of drug-likeness (QED) is 0.638. The molecule has 2 aromatic carbocycles. The van der Waals surface area contributed by atoms with Crippen LogP contribution >= 0.6 is 0 Å². The van der Waals surface area contributed by atoms with E-state index in [-0.39, 0.29) is 29.6 Å². The number of rotatable bonds is 5. The topological polar surface area (TPSA) is 66.9 Å². The first kappa shape index (κ1) is 19.3. The van der Waals surface area contributed by atoms with E-state index in [1.165, 1.54) is 48.7 Å². The second-order valence-electron chi connectivity index (χ2n) is 5.76. The van der Waals surface area contributed by atoms with E-state index in [4.69, 9.17) is 0 Å². The average molecular weight is 390 g/mol. The number of amides is 1. The molecule has 0 saturated heterocycles. The zero-order valence-corrected chi connectivity index (χ0v) is 14.3. The molecule has 0 atom stereocenters. The van der Waals surface area contributed by atoms with Gasteiger partial charge in [0.1, 0.15) is 17.3 Å². The Hall–Kier alpha value is -3.49. The summed E-state index contributed by atoms with van der Waals surface area (Å²) >= 11 is 0. The summed E-state index contributed by atoms with van der Waals surface area (Å²) in [6.07, 6.45) is -2.20. The lowest BCUT2D eigenvalue weighted by atomic mass is 10.1. The maximum absolute atomic E-state index is 13.0. The highest BCUT2D eigenvalue weighted by Crippen LogP contribution is 2.35. The van der Waals surface area contributed by atoms with Crippen LogP contribution in [0.15, 0.2) is 60.9 Å². The Kier molecular flexibility index (Phi) is 5.53. The molecule has 0 radical (unpaired) electrons. The van der Waals surface area contributed by atoms with Crippen LogP contribution in [0.4, 0.5) is 29.1 Å². The predicted octanol–water partition coefficient (Wildman–Crippen LogP) is 4.31. The highest BCUT2D eigenvalue weighted by molar-refractivity contribution is 5.92. The molecule has 0 bridgehead atoms. The molecule has 0 aliphatic rings. The Morgan fingerprint density at radius 3 is 2.32 bits per heavy atom. The summed E-state index contributed by atoms with van der Waals surface area (Å²) in [7, 11) is 0. The van der Waals surface area contributed by atoms with E-state index in [0.717, 1.165) is 12.3 Å². The third-order valence-corrected chi connectivity index (χ3v) is 3.75. The number of nitrogens with zero attached hydrogens (tertiary/aromatic N) is 2. The average Bonchev–Trinajstić information content (AvgIpc) is 2.67. The third-order valence-electron chi connectivity index (χ3n) is 3.75. The van der Waals surface area contributed by atoms with Gasteiger partial charge in [-0.25, -0.2) is 14.4 Å². The molecule has 1 amide bonds. The fourth-order valence-corrected chi connectivity index (χ4v) is 2.36.